The molecule has 4 aromatic carbocycles. The summed E-state index contributed by atoms with van der Waals surface area (Å²) < 4.78 is 14.8. The molecular weight excluding hydrogens is 501 g/mol. The SMILES string of the molecule is CN(C)c1ccc(NC(=O)[C@H](c2ccc(Cl)cc2)N(Cc2ccccc2F)C(=O)Cc2ccccc2)cc1. The standard InChI is InChI=1S/C31H29ClFN3O2/c1-35(2)27-18-16-26(17-19-27)34-31(38)30(23-12-14-25(32)15-13-23)36(21-24-10-6-7-11-28(24)33)29(37)20-22-8-4-3-5-9-22/h3-19,30H,20-21H2,1-2H3,(H,34,38)/t30-/m0/s1. The third kappa shape index (κ3) is 6.78. The predicted molar refractivity (Wildman–Crippen MR) is 151 cm³/mol. The first-order valence-corrected chi connectivity index (χ1v) is 12.6. The van der Waals surface area contributed by atoms with E-state index in [9.17, 15) is 14.0 Å². The number of hydrogen-bond donors (Lipinski definition) is 1. The van der Waals surface area contributed by atoms with Crippen LogP contribution < -0.4 is 10.2 Å². The second-order valence-corrected chi connectivity index (χ2v) is 9.60. The lowest BCUT2D eigenvalue weighted by molar-refractivity contribution is -0.139. The lowest BCUT2D eigenvalue weighted by Crippen LogP contribution is -2.41. The molecule has 194 valence electrons. The van der Waals surface area contributed by atoms with Crippen LogP contribution in [0.15, 0.2) is 103 Å². The van der Waals surface area contributed by atoms with Crippen molar-refractivity contribution in [1.82, 2.24) is 4.90 Å². The quantitative estimate of drug-likeness (QED) is 0.269. The molecule has 0 heterocycles. The van der Waals surface area contributed by atoms with E-state index in [2.05, 4.69) is 5.32 Å². The Morgan fingerprint density at radius 3 is 2.11 bits per heavy atom. The summed E-state index contributed by atoms with van der Waals surface area (Å²) in [4.78, 5) is 31.0. The van der Waals surface area contributed by atoms with Crippen LogP contribution in [0.25, 0.3) is 0 Å². The van der Waals surface area contributed by atoms with E-state index in [1.165, 1.54) is 11.0 Å². The van der Waals surface area contributed by atoms with Gasteiger partial charge in [-0.25, -0.2) is 4.39 Å². The maximum Gasteiger partial charge on any atom is 0.251 e. The van der Waals surface area contributed by atoms with Crippen molar-refractivity contribution >= 4 is 34.8 Å². The normalized spacial score (nSPS) is 11.5. The summed E-state index contributed by atoms with van der Waals surface area (Å²) >= 11 is 6.13. The first-order valence-electron chi connectivity index (χ1n) is 12.2. The van der Waals surface area contributed by atoms with Gasteiger partial charge < -0.3 is 15.1 Å². The summed E-state index contributed by atoms with van der Waals surface area (Å²) in [5.41, 5.74) is 3.24. The van der Waals surface area contributed by atoms with Gasteiger partial charge in [0.05, 0.1) is 6.42 Å². The number of benzene rings is 4. The number of rotatable bonds is 9. The van der Waals surface area contributed by atoms with Crippen molar-refractivity contribution in [2.45, 2.75) is 19.0 Å². The van der Waals surface area contributed by atoms with Gasteiger partial charge in [0, 0.05) is 42.6 Å². The van der Waals surface area contributed by atoms with Crippen molar-refractivity contribution < 1.29 is 14.0 Å². The number of nitrogens with zero attached hydrogens (tertiary/aromatic N) is 2. The molecule has 4 rings (SSSR count). The molecule has 0 aliphatic carbocycles. The molecule has 0 saturated heterocycles. The van der Waals surface area contributed by atoms with Crippen LogP contribution in [0.3, 0.4) is 0 Å². The Morgan fingerprint density at radius 1 is 0.842 bits per heavy atom. The summed E-state index contributed by atoms with van der Waals surface area (Å²) in [5.74, 6) is -1.17. The summed E-state index contributed by atoms with van der Waals surface area (Å²) in [7, 11) is 3.87. The number of amides is 2. The molecule has 0 radical (unpaired) electrons. The van der Waals surface area contributed by atoms with Crippen LogP contribution in [-0.2, 0) is 22.6 Å². The number of hydrogen-bond acceptors (Lipinski definition) is 3. The fraction of sp³-hybridized carbons (Fsp3) is 0.161. The second-order valence-electron chi connectivity index (χ2n) is 9.16. The van der Waals surface area contributed by atoms with Crippen molar-refractivity contribution in [2.75, 3.05) is 24.3 Å². The topological polar surface area (TPSA) is 52.7 Å². The van der Waals surface area contributed by atoms with Crippen LogP contribution in [0.2, 0.25) is 5.02 Å². The van der Waals surface area contributed by atoms with E-state index in [4.69, 9.17) is 11.6 Å². The highest BCUT2D eigenvalue weighted by Crippen LogP contribution is 2.28. The van der Waals surface area contributed by atoms with Crippen LogP contribution >= 0.6 is 11.6 Å². The van der Waals surface area contributed by atoms with Crippen molar-refractivity contribution in [1.29, 1.82) is 0 Å². The lowest BCUT2D eigenvalue weighted by Gasteiger charge is -2.32. The molecule has 0 bridgehead atoms. The molecule has 0 aliphatic rings. The van der Waals surface area contributed by atoms with Crippen molar-refractivity contribution in [3.8, 4) is 0 Å². The molecule has 1 atom stereocenters. The van der Waals surface area contributed by atoms with Crippen LogP contribution in [0.5, 0.6) is 0 Å². The van der Waals surface area contributed by atoms with Gasteiger partial charge in [-0.1, -0.05) is 72.3 Å². The Bertz CT molecular complexity index is 1380. The predicted octanol–water partition coefficient (Wildman–Crippen LogP) is 6.50. The Kier molecular flexibility index (Phi) is 8.77. The van der Waals surface area contributed by atoms with E-state index in [0.717, 1.165) is 11.3 Å². The monoisotopic (exact) mass is 529 g/mol. The van der Waals surface area contributed by atoms with Gasteiger partial charge in [0.15, 0.2) is 0 Å². The number of carbonyl (C=O) groups excluding carboxylic acids is 2. The molecule has 0 fully saturated rings. The number of carbonyl (C=O) groups is 2. The third-order valence-corrected chi connectivity index (χ3v) is 6.47. The fourth-order valence-electron chi connectivity index (χ4n) is 4.18. The molecule has 0 unspecified atom stereocenters. The van der Waals surface area contributed by atoms with Gasteiger partial charge in [-0.15, -0.1) is 0 Å². The van der Waals surface area contributed by atoms with Gasteiger partial charge in [-0.3, -0.25) is 9.59 Å². The molecular formula is C31H29ClFN3O2. The van der Waals surface area contributed by atoms with Gasteiger partial charge in [0.1, 0.15) is 11.9 Å². The fourth-order valence-corrected chi connectivity index (χ4v) is 4.30. The van der Waals surface area contributed by atoms with E-state index in [0.29, 0.717) is 21.8 Å². The lowest BCUT2D eigenvalue weighted by atomic mass is 10.0. The largest absolute Gasteiger partial charge is 0.378 e. The zero-order valence-electron chi connectivity index (χ0n) is 21.3. The molecule has 7 heteroatoms. The van der Waals surface area contributed by atoms with E-state index < -0.39 is 17.8 Å². The summed E-state index contributed by atoms with van der Waals surface area (Å²) in [5, 5.41) is 3.45. The van der Waals surface area contributed by atoms with Crippen molar-refractivity contribution in [3.05, 3.63) is 131 Å². The first-order chi connectivity index (χ1) is 18.3. The third-order valence-electron chi connectivity index (χ3n) is 6.21. The maximum atomic E-state index is 14.8. The van der Waals surface area contributed by atoms with Crippen LogP contribution in [-0.4, -0.2) is 30.8 Å². The van der Waals surface area contributed by atoms with E-state index in [1.54, 1.807) is 54.6 Å². The van der Waals surface area contributed by atoms with Gasteiger partial charge >= 0.3 is 0 Å². The van der Waals surface area contributed by atoms with Crippen LogP contribution in [0, 0.1) is 5.82 Å². The summed E-state index contributed by atoms with van der Waals surface area (Å²) in [6, 6.07) is 28.7. The zero-order chi connectivity index (χ0) is 27.1. The highest BCUT2D eigenvalue weighted by molar-refractivity contribution is 6.30. The maximum absolute atomic E-state index is 14.8. The molecule has 0 spiro atoms. The van der Waals surface area contributed by atoms with E-state index >= 15 is 0 Å². The number of anilines is 2. The molecule has 0 aliphatic heterocycles. The summed E-state index contributed by atoms with van der Waals surface area (Å²) in [6.07, 6.45) is 0.0597. The van der Waals surface area contributed by atoms with E-state index in [-0.39, 0.29) is 18.9 Å². The molecule has 38 heavy (non-hydrogen) atoms. The number of nitrogens with one attached hydrogen (secondary N) is 1. The minimum atomic E-state index is -1.03. The van der Waals surface area contributed by atoms with Crippen molar-refractivity contribution in [3.63, 3.8) is 0 Å². The van der Waals surface area contributed by atoms with Gasteiger partial charge in [-0.2, -0.15) is 0 Å². The number of halogens is 2. The first kappa shape index (κ1) is 26.9. The van der Waals surface area contributed by atoms with Crippen molar-refractivity contribution in [2.24, 2.45) is 0 Å². The van der Waals surface area contributed by atoms with Gasteiger partial charge in [-0.05, 0) is 53.6 Å². The highest BCUT2D eigenvalue weighted by atomic mass is 35.5. The highest BCUT2D eigenvalue weighted by Gasteiger charge is 2.32. The average Bonchev–Trinajstić information content (AvgIpc) is 2.91. The molecule has 1 N–H and O–H groups in total. The minimum absolute atomic E-state index is 0.0597. The second kappa shape index (κ2) is 12.4. The minimum Gasteiger partial charge on any atom is -0.378 e. The van der Waals surface area contributed by atoms with Gasteiger partial charge in [0.2, 0.25) is 5.91 Å². The van der Waals surface area contributed by atoms with Crippen LogP contribution in [0.4, 0.5) is 15.8 Å². The van der Waals surface area contributed by atoms with Crippen LogP contribution in [0.1, 0.15) is 22.7 Å². The van der Waals surface area contributed by atoms with E-state index in [1.807, 2.05) is 61.5 Å². The Labute approximate surface area is 227 Å². The average molecular weight is 530 g/mol. The molecule has 0 aromatic heterocycles. The molecule has 5 nitrogen and oxygen atoms in total. The molecule has 2 amide bonds. The smallest absolute Gasteiger partial charge is 0.251 e. The Morgan fingerprint density at radius 2 is 1.47 bits per heavy atom. The Balaban J connectivity index is 1.73. The Hall–Kier alpha value is -4.16. The molecule has 4 aromatic rings. The van der Waals surface area contributed by atoms with Gasteiger partial charge in [0.25, 0.3) is 5.91 Å². The summed E-state index contributed by atoms with van der Waals surface area (Å²) in [6.45, 7) is -0.0847. The zero-order valence-corrected chi connectivity index (χ0v) is 22.0. The molecule has 0 saturated carbocycles.